The van der Waals surface area contributed by atoms with Crippen molar-refractivity contribution in [3.8, 4) is 10.6 Å². The lowest BCUT2D eigenvalue weighted by atomic mass is 10.2. The quantitative estimate of drug-likeness (QED) is 0.713. The van der Waals surface area contributed by atoms with Crippen LogP contribution in [-0.4, -0.2) is 9.36 Å². The van der Waals surface area contributed by atoms with Crippen molar-refractivity contribution in [2.45, 2.75) is 5.88 Å². The lowest BCUT2D eigenvalue weighted by Crippen LogP contribution is -1.80. The average molecular weight is 211 g/mol. The maximum Gasteiger partial charge on any atom is 0.157 e. The molecule has 0 radical (unpaired) electrons. The van der Waals surface area contributed by atoms with Crippen LogP contribution in [0.3, 0.4) is 0 Å². The van der Waals surface area contributed by atoms with Gasteiger partial charge in [-0.1, -0.05) is 30.3 Å². The minimum absolute atomic E-state index is 0.378. The molecular weight excluding hydrogens is 204 g/mol. The molecule has 0 unspecified atom stereocenters. The van der Waals surface area contributed by atoms with E-state index in [-0.39, 0.29) is 0 Å². The molecule has 1 heterocycles. The summed E-state index contributed by atoms with van der Waals surface area (Å²) in [4.78, 5) is 4.27. The van der Waals surface area contributed by atoms with Crippen LogP contribution in [0.15, 0.2) is 30.3 Å². The summed E-state index contributed by atoms with van der Waals surface area (Å²) < 4.78 is 4.11. The van der Waals surface area contributed by atoms with Gasteiger partial charge >= 0.3 is 0 Å². The van der Waals surface area contributed by atoms with E-state index < -0.39 is 0 Å². The molecule has 0 amide bonds. The largest absolute Gasteiger partial charge is 0.218 e. The molecule has 0 N–H and O–H groups in total. The van der Waals surface area contributed by atoms with E-state index in [9.17, 15) is 0 Å². The van der Waals surface area contributed by atoms with Gasteiger partial charge in [-0.2, -0.15) is 4.37 Å². The van der Waals surface area contributed by atoms with Gasteiger partial charge in [0.15, 0.2) is 5.82 Å². The number of benzene rings is 1. The number of alkyl halides is 1. The van der Waals surface area contributed by atoms with E-state index in [0.717, 1.165) is 10.6 Å². The van der Waals surface area contributed by atoms with E-state index in [0.29, 0.717) is 11.7 Å². The van der Waals surface area contributed by atoms with E-state index >= 15 is 0 Å². The zero-order chi connectivity index (χ0) is 9.10. The van der Waals surface area contributed by atoms with Gasteiger partial charge in [-0.25, -0.2) is 4.98 Å². The van der Waals surface area contributed by atoms with Gasteiger partial charge in [-0.15, -0.1) is 11.6 Å². The molecule has 4 heteroatoms. The summed E-state index contributed by atoms with van der Waals surface area (Å²) in [7, 11) is 0. The predicted octanol–water partition coefficient (Wildman–Crippen LogP) is 2.94. The molecule has 0 aliphatic carbocycles. The van der Waals surface area contributed by atoms with Crippen molar-refractivity contribution in [2.24, 2.45) is 0 Å². The number of hydrogen-bond acceptors (Lipinski definition) is 3. The number of hydrogen-bond donors (Lipinski definition) is 0. The van der Waals surface area contributed by atoms with Crippen molar-refractivity contribution < 1.29 is 0 Å². The highest BCUT2D eigenvalue weighted by molar-refractivity contribution is 7.09. The molecule has 1 aromatic carbocycles. The van der Waals surface area contributed by atoms with Crippen LogP contribution >= 0.6 is 23.1 Å². The van der Waals surface area contributed by atoms with Crippen molar-refractivity contribution in [1.82, 2.24) is 9.36 Å². The van der Waals surface area contributed by atoms with E-state index in [1.807, 2.05) is 30.3 Å². The maximum absolute atomic E-state index is 5.61. The highest BCUT2D eigenvalue weighted by Gasteiger charge is 2.03. The maximum atomic E-state index is 5.61. The third-order valence-electron chi connectivity index (χ3n) is 1.61. The van der Waals surface area contributed by atoms with Gasteiger partial charge in [0.2, 0.25) is 0 Å². The monoisotopic (exact) mass is 210 g/mol. The summed E-state index contributed by atoms with van der Waals surface area (Å²) in [5.74, 6) is 1.08. The van der Waals surface area contributed by atoms with Crippen molar-refractivity contribution in [3.63, 3.8) is 0 Å². The SMILES string of the molecule is ClCc1nsc(-c2ccccc2)n1. The topological polar surface area (TPSA) is 25.8 Å². The highest BCUT2D eigenvalue weighted by Crippen LogP contribution is 2.20. The molecule has 0 aliphatic rings. The second kappa shape index (κ2) is 3.85. The Labute approximate surface area is 85.4 Å². The van der Waals surface area contributed by atoms with Crippen LogP contribution in [-0.2, 0) is 5.88 Å². The Bertz CT molecular complexity index is 386. The number of aromatic nitrogens is 2. The van der Waals surface area contributed by atoms with Crippen LogP contribution in [0.5, 0.6) is 0 Å². The van der Waals surface area contributed by atoms with Crippen LogP contribution in [0, 0.1) is 0 Å². The van der Waals surface area contributed by atoms with Gasteiger partial charge in [-0.3, -0.25) is 0 Å². The molecule has 2 aromatic rings. The number of nitrogens with zero attached hydrogens (tertiary/aromatic N) is 2. The zero-order valence-corrected chi connectivity index (χ0v) is 8.35. The molecule has 1 aromatic heterocycles. The van der Waals surface area contributed by atoms with Gasteiger partial charge in [0, 0.05) is 5.56 Å². The standard InChI is InChI=1S/C9H7ClN2S/c10-6-8-11-9(13-12-8)7-4-2-1-3-5-7/h1-5H,6H2. The van der Waals surface area contributed by atoms with Crippen LogP contribution < -0.4 is 0 Å². The summed E-state index contributed by atoms with van der Waals surface area (Å²) in [6, 6.07) is 9.97. The van der Waals surface area contributed by atoms with Gasteiger partial charge in [0.25, 0.3) is 0 Å². The molecule has 0 saturated heterocycles. The molecule has 0 spiro atoms. The van der Waals surface area contributed by atoms with Crippen molar-refractivity contribution in [2.75, 3.05) is 0 Å². The van der Waals surface area contributed by atoms with E-state index in [2.05, 4.69) is 9.36 Å². The van der Waals surface area contributed by atoms with Crippen molar-refractivity contribution in [1.29, 1.82) is 0 Å². The molecule has 66 valence electrons. The van der Waals surface area contributed by atoms with Gasteiger partial charge in [-0.05, 0) is 11.5 Å². The minimum atomic E-state index is 0.378. The molecule has 0 atom stereocenters. The lowest BCUT2D eigenvalue weighted by Gasteiger charge is -1.91. The van der Waals surface area contributed by atoms with E-state index in [1.165, 1.54) is 11.5 Å². The Balaban J connectivity index is 2.36. The average Bonchev–Trinajstić information content (AvgIpc) is 2.67. The molecule has 0 fully saturated rings. The third-order valence-corrected chi connectivity index (χ3v) is 2.65. The molecule has 2 rings (SSSR count). The molecule has 0 bridgehead atoms. The van der Waals surface area contributed by atoms with Crippen molar-refractivity contribution in [3.05, 3.63) is 36.2 Å². The number of halogens is 1. The Morgan fingerprint density at radius 1 is 1.23 bits per heavy atom. The predicted molar refractivity (Wildman–Crippen MR) is 54.9 cm³/mol. The van der Waals surface area contributed by atoms with Crippen molar-refractivity contribution >= 4 is 23.1 Å². The van der Waals surface area contributed by atoms with E-state index in [4.69, 9.17) is 11.6 Å². The lowest BCUT2D eigenvalue weighted by molar-refractivity contribution is 1.13. The first-order valence-corrected chi connectivity index (χ1v) is 5.15. The molecule has 2 nitrogen and oxygen atoms in total. The van der Waals surface area contributed by atoms with Gasteiger partial charge in [0.1, 0.15) is 5.01 Å². The first-order valence-electron chi connectivity index (χ1n) is 3.84. The second-order valence-corrected chi connectivity index (χ2v) is 3.53. The van der Waals surface area contributed by atoms with Crippen LogP contribution in [0.1, 0.15) is 5.82 Å². The summed E-state index contributed by atoms with van der Waals surface area (Å²) in [5.41, 5.74) is 1.09. The summed E-state index contributed by atoms with van der Waals surface area (Å²) in [6.45, 7) is 0. The minimum Gasteiger partial charge on any atom is -0.218 e. The normalized spacial score (nSPS) is 10.2. The van der Waals surface area contributed by atoms with Crippen LogP contribution in [0.4, 0.5) is 0 Å². The molecule has 13 heavy (non-hydrogen) atoms. The van der Waals surface area contributed by atoms with E-state index in [1.54, 1.807) is 0 Å². The zero-order valence-electron chi connectivity index (χ0n) is 6.77. The fraction of sp³-hybridized carbons (Fsp3) is 0.111. The van der Waals surface area contributed by atoms with Gasteiger partial charge < -0.3 is 0 Å². The second-order valence-electron chi connectivity index (χ2n) is 2.52. The Hall–Kier alpha value is -0.930. The number of rotatable bonds is 2. The van der Waals surface area contributed by atoms with Crippen LogP contribution in [0.2, 0.25) is 0 Å². The summed E-state index contributed by atoms with van der Waals surface area (Å²) >= 11 is 6.99. The summed E-state index contributed by atoms with van der Waals surface area (Å²) in [5, 5.41) is 0.927. The summed E-state index contributed by atoms with van der Waals surface area (Å²) in [6.07, 6.45) is 0. The molecular formula is C9H7ClN2S. The first-order chi connectivity index (χ1) is 6.40. The Kier molecular flexibility index (Phi) is 2.57. The smallest absolute Gasteiger partial charge is 0.157 e. The fourth-order valence-corrected chi connectivity index (χ4v) is 1.88. The first kappa shape index (κ1) is 8.66. The van der Waals surface area contributed by atoms with Crippen LogP contribution in [0.25, 0.3) is 10.6 Å². The Morgan fingerprint density at radius 2 is 2.00 bits per heavy atom. The Morgan fingerprint density at radius 3 is 2.62 bits per heavy atom. The molecule has 0 aliphatic heterocycles. The fourth-order valence-electron chi connectivity index (χ4n) is 1.01. The van der Waals surface area contributed by atoms with Gasteiger partial charge in [0.05, 0.1) is 5.88 Å². The molecule has 0 saturated carbocycles. The third kappa shape index (κ3) is 1.87. The highest BCUT2D eigenvalue weighted by atomic mass is 35.5.